The van der Waals surface area contributed by atoms with E-state index in [1.165, 1.54) is 110 Å². The smallest absolute Gasteiger partial charge is 0.470 e. The van der Waals surface area contributed by atoms with Gasteiger partial charge in [-0.1, -0.05) is 239 Å². The maximum Gasteiger partial charge on any atom is 0.470 e. The number of phosphoric acid groups is 1. The lowest BCUT2D eigenvalue weighted by Gasteiger charge is -2.47. The predicted molar refractivity (Wildman–Crippen MR) is 355 cm³/mol. The Labute approximate surface area is 546 Å². The quantitative estimate of drug-likeness (QED) is 0.0188. The lowest BCUT2D eigenvalue weighted by Crippen LogP contribution is -2.67. The lowest BCUT2D eigenvalue weighted by atomic mass is 9.95. The zero-order valence-corrected chi connectivity index (χ0v) is 58.4. The predicted octanol–water partition coefficient (Wildman–Crippen LogP) is 15.1. The first kappa shape index (κ1) is 84.4. The van der Waals surface area contributed by atoms with Crippen LogP contribution in [0.1, 0.15) is 297 Å². The molecule has 90 heavy (non-hydrogen) atoms. The first-order valence-corrected chi connectivity index (χ1v) is 37.9. The van der Waals surface area contributed by atoms with E-state index in [-0.39, 0.29) is 44.9 Å². The van der Waals surface area contributed by atoms with Gasteiger partial charge in [-0.3, -0.25) is 9.32 Å². The number of carbonyl (C=O) groups excluding carboxylic acids is 1. The number of amides is 1. The number of rotatable bonds is 63. The van der Waals surface area contributed by atoms with Crippen molar-refractivity contribution in [2.24, 2.45) is 0 Å². The maximum absolute atomic E-state index is 14.2. The zero-order chi connectivity index (χ0) is 65.7. The highest BCUT2D eigenvalue weighted by molar-refractivity contribution is 7.46. The minimum absolute atomic E-state index is 0.0600. The monoisotopic (exact) mass is 1310 g/mol. The van der Waals surface area contributed by atoms with Crippen molar-refractivity contribution in [1.82, 2.24) is 5.32 Å². The molecule has 532 valence electrons. The molecule has 0 spiro atoms. The minimum atomic E-state index is -5.22. The molecule has 20 heteroatoms. The second kappa shape index (κ2) is 56.5. The summed E-state index contributed by atoms with van der Waals surface area (Å²) < 4.78 is 74.6. The molecule has 0 unspecified atom stereocenters. The summed E-state index contributed by atoms with van der Waals surface area (Å²) in [6.07, 6.45) is 35.9. The SMILES string of the molecule is CCCCCC/C=C\CCCCCCCCCC(=O)N[C@H]1[C@H](OC[C@H]2O[C@H](OCC(=O)O)[C@H](OCC[C@H](O)CCCCCCCCCCC)[C@@H](OCCCCCCCCCCCC)[C@@H]2O)O[C@H](COC)[C@@H](OP(=O)(O)O)[C@@H]1OCC[C@@H](CCCCCCC)OC. The van der Waals surface area contributed by atoms with Crippen LogP contribution in [-0.2, 0) is 61.3 Å². The number of aliphatic carboxylic acids is 1. The van der Waals surface area contributed by atoms with Crippen molar-refractivity contribution in [1.29, 1.82) is 0 Å². The molecule has 0 radical (unpaired) electrons. The van der Waals surface area contributed by atoms with Crippen LogP contribution < -0.4 is 5.32 Å². The molecule has 6 N–H and O–H groups in total. The standard InChI is InChI=1S/C70H134NO18P/c1-7-11-15-19-22-25-27-28-29-30-31-33-36-40-44-48-61(73)71-63-66(83-53-50-58(81-6)47-43-38-18-14-10-4)65(89-90(77,78)79)60(54-80-5)88-69(63)85-55-59-64(76)67(82-51-45-41-37-34-26-23-20-16-12-8-2)68(70(87-59)86-56-62(74)75)84-52-49-57(72)46-42-39-35-32-24-21-17-13-9-3/h25,27,57-60,63-70,72,76H,7-24,26,28-56H2,1-6H3,(H,71,73)(H,74,75)(H2,77,78,79)/b27-25-/t57-,58-,59-,60-,63-,64-,65-,66-,67+,68-,69-,70+/m1/s1. The van der Waals surface area contributed by atoms with E-state index < -0.39 is 94.5 Å². The van der Waals surface area contributed by atoms with Crippen LogP contribution in [0.2, 0.25) is 0 Å². The highest BCUT2D eigenvalue weighted by Crippen LogP contribution is 2.43. The highest BCUT2D eigenvalue weighted by Gasteiger charge is 2.53. The van der Waals surface area contributed by atoms with Crippen LogP contribution in [0.5, 0.6) is 0 Å². The number of nitrogens with one attached hydrogen (secondary N) is 1. The largest absolute Gasteiger partial charge is 0.480 e. The fraction of sp³-hybridized carbons (Fsp3) is 0.943. The summed E-state index contributed by atoms with van der Waals surface area (Å²) in [5, 5.41) is 36.3. The van der Waals surface area contributed by atoms with Crippen molar-refractivity contribution in [3.8, 4) is 0 Å². The summed E-state index contributed by atoms with van der Waals surface area (Å²) in [5.74, 6) is -1.61. The zero-order valence-electron chi connectivity index (χ0n) is 57.5. The van der Waals surface area contributed by atoms with E-state index in [9.17, 15) is 39.3 Å². The van der Waals surface area contributed by atoms with Gasteiger partial charge >= 0.3 is 13.8 Å². The summed E-state index contributed by atoms with van der Waals surface area (Å²) in [6.45, 7) is 7.85. The van der Waals surface area contributed by atoms with Crippen LogP contribution in [-0.4, -0.2) is 164 Å². The van der Waals surface area contributed by atoms with Gasteiger partial charge < -0.3 is 73.1 Å². The number of ether oxygens (including phenoxy) is 9. The number of hydrogen-bond acceptors (Lipinski definition) is 15. The van der Waals surface area contributed by atoms with E-state index in [1.54, 1.807) is 7.11 Å². The molecule has 1 amide bonds. The Balaban J connectivity index is 2.41. The molecule has 2 heterocycles. The summed E-state index contributed by atoms with van der Waals surface area (Å²) >= 11 is 0. The Morgan fingerprint density at radius 2 is 0.967 bits per heavy atom. The highest BCUT2D eigenvalue weighted by atomic mass is 31.2. The van der Waals surface area contributed by atoms with Crippen LogP contribution in [0.3, 0.4) is 0 Å². The average molecular weight is 1310 g/mol. The van der Waals surface area contributed by atoms with Crippen LogP contribution in [0.4, 0.5) is 0 Å². The number of phosphoric ester groups is 1. The second-order valence-corrected chi connectivity index (χ2v) is 26.8. The number of allylic oxidation sites excluding steroid dienone is 2. The number of hydrogen-bond donors (Lipinski definition) is 6. The van der Waals surface area contributed by atoms with Crippen LogP contribution >= 0.6 is 7.82 Å². The molecule has 2 fully saturated rings. The molecule has 19 nitrogen and oxygen atoms in total. The van der Waals surface area contributed by atoms with Gasteiger partial charge in [0.2, 0.25) is 5.91 Å². The van der Waals surface area contributed by atoms with E-state index in [1.807, 2.05) is 0 Å². The molecule has 0 aliphatic carbocycles. The van der Waals surface area contributed by atoms with Crippen molar-refractivity contribution in [2.45, 2.75) is 371 Å². The Hall–Kier alpha value is -1.65. The third-order valence-electron chi connectivity index (χ3n) is 17.6. The van der Waals surface area contributed by atoms with Gasteiger partial charge in [-0.2, -0.15) is 0 Å². The van der Waals surface area contributed by atoms with E-state index in [2.05, 4.69) is 45.2 Å². The Morgan fingerprint density at radius 3 is 1.50 bits per heavy atom. The molecule has 12 atom stereocenters. The van der Waals surface area contributed by atoms with Gasteiger partial charge in [-0.05, 0) is 64.2 Å². The molecule has 2 aliphatic rings. The molecule has 0 bridgehead atoms. The molecule has 2 rings (SSSR count). The third-order valence-corrected chi connectivity index (χ3v) is 18.1. The van der Waals surface area contributed by atoms with Crippen molar-refractivity contribution in [3.05, 3.63) is 12.2 Å². The Kier molecular flexibility index (Phi) is 53.0. The minimum Gasteiger partial charge on any atom is -0.480 e. The van der Waals surface area contributed by atoms with Gasteiger partial charge in [0.05, 0.1) is 25.4 Å². The fourth-order valence-electron chi connectivity index (χ4n) is 12.1. The summed E-state index contributed by atoms with van der Waals surface area (Å²) in [4.78, 5) is 47.0. The fourth-order valence-corrected chi connectivity index (χ4v) is 12.7. The number of methoxy groups -OCH3 is 2. The second-order valence-electron chi connectivity index (χ2n) is 25.7. The van der Waals surface area contributed by atoms with Crippen molar-refractivity contribution < 1.29 is 86.4 Å². The number of carboxylic acids is 1. The maximum atomic E-state index is 14.2. The lowest BCUT2D eigenvalue weighted by molar-refractivity contribution is -0.330. The summed E-state index contributed by atoms with van der Waals surface area (Å²) in [6, 6.07) is -1.22. The van der Waals surface area contributed by atoms with Crippen LogP contribution in [0.15, 0.2) is 12.2 Å². The number of carbonyl (C=O) groups is 2. The Morgan fingerprint density at radius 1 is 0.500 bits per heavy atom. The van der Waals surface area contributed by atoms with Gasteiger partial charge in [0.1, 0.15) is 55.4 Å². The summed E-state index contributed by atoms with van der Waals surface area (Å²) in [7, 11) is -2.16. The number of aliphatic hydroxyl groups excluding tert-OH is 2. The number of unbranched alkanes of at least 4 members (excludes halogenated alkanes) is 32. The van der Waals surface area contributed by atoms with E-state index in [4.69, 9.17) is 47.2 Å². The van der Waals surface area contributed by atoms with Crippen LogP contribution in [0.25, 0.3) is 0 Å². The molecular weight excluding hydrogens is 1170 g/mol. The molecule has 0 aromatic heterocycles. The van der Waals surface area contributed by atoms with E-state index >= 15 is 0 Å². The van der Waals surface area contributed by atoms with Crippen molar-refractivity contribution in [2.75, 3.05) is 53.9 Å². The Bertz CT molecular complexity index is 1750. The van der Waals surface area contributed by atoms with Crippen LogP contribution in [0, 0.1) is 0 Å². The van der Waals surface area contributed by atoms with Gasteiger partial charge in [0.15, 0.2) is 12.6 Å². The topological polar surface area (TPSA) is 257 Å². The van der Waals surface area contributed by atoms with E-state index in [0.29, 0.717) is 32.1 Å². The van der Waals surface area contributed by atoms with Gasteiger partial charge in [-0.15, -0.1) is 0 Å². The number of carboxylic acid groups (broad SMARTS) is 1. The molecule has 0 saturated carbocycles. The average Bonchev–Trinajstić information content (AvgIpc) is 0.898. The first-order valence-electron chi connectivity index (χ1n) is 36.4. The third kappa shape index (κ3) is 42.0. The van der Waals surface area contributed by atoms with E-state index in [0.717, 1.165) is 128 Å². The van der Waals surface area contributed by atoms with Gasteiger partial charge in [-0.25, -0.2) is 9.36 Å². The molecule has 2 saturated heterocycles. The van der Waals surface area contributed by atoms with Gasteiger partial charge in [0, 0.05) is 40.5 Å². The molecular formula is C70H134NO18P. The molecule has 0 aromatic rings. The number of aliphatic hydroxyl groups is 2. The van der Waals surface area contributed by atoms with Crippen molar-refractivity contribution in [3.63, 3.8) is 0 Å². The van der Waals surface area contributed by atoms with Gasteiger partial charge in [0.25, 0.3) is 0 Å². The normalized spacial score (nSPS) is 23.0. The van der Waals surface area contributed by atoms with Crippen molar-refractivity contribution >= 4 is 19.7 Å². The molecule has 2 aliphatic heterocycles. The molecule has 0 aromatic carbocycles. The summed E-state index contributed by atoms with van der Waals surface area (Å²) in [5.41, 5.74) is 0. The first-order chi connectivity index (χ1) is 43.7.